The molecule has 3 aromatic rings. The van der Waals surface area contributed by atoms with Gasteiger partial charge in [-0.3, -0.25) is 0 Å². The lowest BCUT2D eigenvalue weighted by Gasteiger charge is -2.10. The molecule has 2 aromatic carbocycles. The standard InChI is InChI=1S/C20H20N4O5/c1-12(17-23-24-18(29-17)14-7-9-16(27-2)10-8-14)28-19(25)15-5-3-13(4-6-15)11-22-20(21)26/h3-10,12H,11H2,1-2H3,(H3,21,22,26)/t12-/m1/s1. The number of hydrogen-bond acceptors (Lipinski definition) is 7. The summed E-state index contributed by atoms with van der Waals surface area (Å²) < 4.78 is 16.1. The molecule has 0 aliphatic rings. The topological polar surface area (TPSA) is 130 Å². The lowest BCUT2D eigenvalue weighted by atomic mass is 10.1. The highest BCUT2D eigenvalue weighted by molar-refractivity contribution is 5.89. The van der Waals surface area contributed by atoms with E-state index in [0.29, 0.717) is 17.2 Å². The zero-order valence-electron chi connectivity index (χ0n) is 15.9. The minimum atomic E-state index is -0.724. The number of amides is 2. The number of esters is 1. The Morgan fingerprint density at radius 2 is 1.79 bits per heavy atom. The summed E-state index contributed by atoms with van der Waals surface area (Å²) in [6.07, 6.45) is -0.724. The number of aromatic nitrogens is 2. The van der Waals surface area contributed by atoms with E-state index in [-0.39, 0.29) is 12.4 Å². The molecule has 0 spiro atoms. The zero-order chi connectivity index (χ0) is 20.8. The predicted octanol–water partition coefficient (Wildman–Crippen LogP) is 2.83. The van der Waals surface area contributed by atoms with Crippen LogP contribution < -0.4 is 15.8 Å². The van der Waals surface area contributed by atoms with Crippen molar-refractivity contribution in [1.29, 1.82) is 0 Å². The van der Waals surface area contributed by atoms with Crippen LogP contribution in [0.2, 0.25) is 0 Å². The van der Waals surface area contributed by atoms with Crippen molar-refractivity contribution in [2.24, 2.45) is 5.73 Å². The van der Waals surface area contributed by atoms with Crippen LogP contribution in [-0.4, -0.2) is 29.3 Å². The van der Waals surface area contributed by atoms with E-state index in [4.69, 9.17) is 19.6 Å². The van der Waals surface area contributed by atoms with Gasteiger partial charge in [0, 0.05) is 12.1 Å². The summed E-state index contributed by atoms with van der Waals surface area (Å²) in [5.74, 6) is 0.687. The Balaban J connectivity index is 1.62. The minimum Gasteiger partial charge on any atom is -0.497 e. The number of hydrogen-bond donors (Lipinski definition) is 2. The molecule has 0 fully saturated rings. The Bertz CT molecular complexity index is 983. The third kappa shape index (κ3) is 5.10. The first-order valence-electron chi connectivity index (χ1n) is 8.77. The number of nitrogens with one attached hydrogen (secondary N) is 1. The van der Waals surface area contributed by atoms with Crippen LogP contribution in [0.25, 0.3) is 11.5 Å². The normalized spacial score (nSPS) is 11.5. The monoisotopic (exact) mass is 396 g/mol. The molecule has 29 heavy (non-hydrogen) atoms. The van der Waals surface area contributed by atoms with Gasteiger partial charge in [0.1, 0.15) is 5.75 Å². The largest absolute Gasteiger partial charge is 0.497 e. The quantitative estimate of drug-likeness (QED) is 0.587. The van der Waals surface area contributed by atoms with Crippen LogP contribution in [-0.2, 0) is 11.3 Å². The fourth-order valence-electron chi connectivity index (χ4n) is 2.48. The average Bonchev–Trinajstić information content (AvgIpc) is 3.23. The molecule has 3 N–H and O–H groups in total. The van der Waals surface area contributed by atoms with Gasteiger partial charge in [0.15, 0.2) is 6.10 Å². The van der Waals surface area contributed by atoms with E-state index >= 15 is 0 Å². The Morgan fingerprint density at radius 1 is 1.10 bits per heavy atom. The van der Waals surface area contributed by atoms with Gasteiger partial charge in [-0.05, 0) is 48.9 Å². The van der Waals surface area contributed by atoms with E-state index in [2.05, 4.69) is 15.5 Å². The van der Waals surface area contributed by atoms with Crippen LogP contribution in [0.15, 0.2) is 52.9 Å². The summed E-state index contributed by atoms with van der Waals surface area (Å²) in [7, 11) is 1.58. The van der Waals surface area contributed by atoms with Crippen molar-refractivity contribution in [2.75, 3.05) is 7.11 Å². The number of carbonyl (C=O) groups is 2. The van der Waals surface area contributed by atoms with Gasteiger partial charge in [0.25, 0.3) is 5.89 Å². The first-order valence-corrected chi connectivity index (χ1v) is 8.77. The Labute approximate surface area is 166 Å². The third-order valence-electron chi connectivity index (χ3n) is 4.07. The molecule has 0 unspecified atom stereocenters. The Kier molecular flexibility index (Phi) is 6.08. The number of urea groups is 1. The number of ether oxygens (including phenoxy) is 2. The fraction of sp³-hybridized carbons (Fsp3) is 0.200. The van der Waals surface area contributed by atoms with Gasteiger partial charge in [-0.2, -0.15) is 0 Å². The summed E-state index contributed by atoms with van der Waals surface area (Å²) in [6.45, 7) is 1.92. The molecule has 0 aliphatic heterocycles. The van der Waals surface area contributed by atoms with Gasteiger partial charge in [0.2, 0.25) is 5.89 Å². The lowest BCUT2D eigenvalue weighted by molar-refractivity contribution is 0.0280. The van der Waals surface area contributed by atoms with E-state index < -0.39 is 18.1 Å². The maximum absolute atomic E-state index is 12.3. The van der Waals surface area contributed by atoms with E-state index in [1.54, 1.807) is 62.6 Å². The van der Waals surface area contributed by atoms with Crippen LogP contribution in [0.3, 0.4) is 0 Å². The molecule has 2 amide bonds. The van der Waals surface area contributed by atoms with Gasteiger partial charge in [0.05, 0.1) is 12.7 Å². The van der Waals surface area contributed by atoms with Crippen molar-refractivity contribution in [1.82, 2.24) is 15.5 Å². The molecule has 9 heteroatoms. The fourth-order valence-corrected chi connectivity index (χ4v) is 2.48. The maximum Gasteiger partial charge on any atom is 0.338 e. The molecule has 0 aliphatic carbocycles. The first-order chi connectivity index (χ1) is 14.0. The number of benzene rings is 2. The summed E-state index contributed by atoms with van der Waals surface area (Å²) in [5.41, 5.74) is 6.91. The van der Waals surface area contributed by atoms with Crippen molar-refractivity contribution in [3.8, 4) is 17.2 Å². The molecule has 1 aromatic heterocycles. The number of primary amides is 1. The smallest absolute Gasteiger partial charge is 0.338 e. The summed E-state index contributed by atoms with van der Waals surface area (Å²) in [6, 6.07) is 13.1. The summed E-state index contributed by atoms with van der Waals surface area (Å²) in [5, 5.41) is 10.4. The van der Waals surface area contributed by atoms with Crippen molar-refractivity contribution in [2.45, 2.75) is 19.6 Å². The molecule has 0 bridgehead atoms. The van der Waals surface area contributed by atoms with Crippen molar-refractivity contribution in [3.63, 3.8) is 0 Å². The molecular weight excluding hydrogens is 376 g/mol. The number of rotatable bonds is 7. The maximum atomic E-state index is 12.3. The van der Waals surface area contributed by atoms with Gasteiger partial charge in [-0.25, -0.2) is 9.59 Å². The van der Waals surface area contributed by atoms with Crippen molar-refractivity contribution >= 4 is 12.0 Å². The second kappa shape index (κ2) is 8.87. The minimum absolute atomic E-state index is 0.187. The highest BCUT2D eigenvalue weighted by atomic mass is 16.6. The summed E-state index contributed by atoms with van der Waals surface area (Å²) >= 11 is 0. The highest BCUT2D eigenvalue weighted by Crippen LogP contribution is 2.24. The number of carbonyl (C=O) groups excluding carboxylic acids is 2. The summed E-state index contributed by atoms with van der Waals surface area (Å²) in [4.78, 5) is 23.1. The van der Waals surface area contributed by atoms with E-state index in [9.17, 15) is 9.59 Å². The van der Waals surface area contributed by atoms with E-state index in [1.807, 2.05) is 0 Å². The SMILES string of the molecule is COc1ccc(-c2nnc([C@@H](C)OC(=O)c3ccc(CNC(N)=O)cc3)o2)cc1. The number of methoxy groups -OCH3 is 1. The van der Waals surface area contributed by atoms with Crippen LogP contribution in [0.4, 0.5) is 4.79 Å². The molecule has 1 heterocycles. The third-order valence-corrected chi connectivity index (χ3v) is 4.07. The molecule has 1 atom stereocenters. The molecule has 0 saturated carbocycles. The average molecular weight is 396 g/mol. The van der Waals surface area contributed by atoms with Crippen LogP contribution in [0, 0.1) is 0 Å². The van der Waals surface area contributed by atoms with Gasteiger partial charge in [-0.15, -0.1) is 10.2 Å². The van der Waals surface area contributed by atoms with Crippen LogP contribution in [0.1, 0.15) is 34.8 Å². The highest BCUT2D eigenvalue weighted by Gasteiger charge is 2.20. The second-order valence-corrected chi connectivity index (χ2v) is 6.14. The molecule has 150 valence electrons. The predicted molar refractivity (Wildman–Crippen MR) is 103 cm³/mol. The van der Waals surface area contributed by atoms with Gasteiger partial charge < -0.3 is 24.9 Å². The molecule has 3 rings (SSSR count). The van der Waals surface area contributed by atoms with E-state index in [0.717, 1.165) is 11.1 Å². The Hall–Kier alpha value is -3.88. The molecule has 0 radical (unpaired) electrons. The first kappa shape index (κ1) is 19.9. The molecular formula is C20H20N4O5. The van der Waals surface area contributed by atoms with Crippen LogP contribution >= 0.6 is 0 Å². The van der Waals surface area contributed by atoms with Crippen LogP contribution in [0.5, 0.6) is 5.75 Å². The van der Waals surface area contributed by atoms with Gasteiger partial charge >= 0.3 is 12.0 Å². The number of nitrogens with zero attached hydrogens (tertiary/aromatic N) is 2. The second-order valence-electron chi connectivity index (χ2n) is 6.14. The Morgan fingerprint density at radius 3 is 2.41 bits per heavy atom. The van der Waals surface area contributed by atoms with E-state index in [1.165, 1.54) is 0 Å². The van der Waals surface area contributed by atoms with Gasteiger partial charge in [-0.1, -0.05) is 12.1 Å². The molecule has 9 nitrogen and oxygen atoms in total. The zero-order valence-corrected chi connectivity index (χ0v) is 15.9. The van der Waals surface area contributed by atoms with Crippen molar-refractivity contribution < 1.29 is 23.5 Å². The number of nitrogens with two attached hydrogens (primary N) is 1. The lowest BCUT2D eigenvalue weighted by Crippen LogP contribution is -2.28. The molecule has 0 saturated heterocycles. The van der Waals surface area contributed by atoms with Crippen molar-refractivity contribution in [3.05, 3.63) is 65.5 Å².